The summed E-state index contributed by atoms with van der Waals surface area (Å²) in [5.74, 6) is 0.494. The molecule has 0 radical (unpaired) electrons. The second-order valence-corrected chi connectivity index (χ2v) is 5.00. The van der Waals surface area contributed by atoms with Gasteiger partial charge in [-0.2, -0.15) is 0 Å². The molecular formula is C12H17N5O. The number of aromatic nitrogens is 2. The third-order valence-corrected chi connectivity index (χ3v) is 3.54. The summed E-state index contributed by atoms with van der Waals surface area (Å²) in [6.07, 6.45) is 6.81. The number of anilines is 1. The number of nitrogen functional groups attached to an aromatic ring is 1. The first kappa shape index (κ1) is 11.6. The molecule has 0 saturated carbocycles. The summed E-state index contributed by atoms with van der Waals surface area (Å²) >= 11 is 0. The average Bonchev–Trinajstić information content (AvgIpc) is 2.83. The van der Waals surface area contributed by atoms with Crippen LogP contribution in [0.25, 0.3) is 0 Å². The van der Waals surface area contributed by atoms with Crippen LogP contribution in [0.1, 0.15) is 30.5 Å². The van der Waals surface area contributed by atoms with Crippen molar-refractivity contribution in [1.82, 2.24) is 9.97 Å². The molecule has 18 heavy (non-hydrogen) atoms. The predicted molar refractivity (Wildman–Crippen MR) is 68.3 cm³/mol. The molecule has 0 amide bonds. The van der Waals surface area contributed by atoms with E-state index in [0.717, 1.165) is 37.1 Å². The second kappa shape index (κ2) is 4.29. The Balaban J connectivity index is 1.82. The van der Waals surface area contributed by atoms with Crippen LogP contribution in [0.5, 0.6) is 0 Å². The number of ether oxygens (including phenoxy) is 1. The van der Waals surface area contributed by atoms with Crippen LogP contribution in [0.15, 0.2) is 11.3 Å². The Morgan fingerprint density at radius 1 is 1.44 bits per heavy atom. The molecule has 1 aromatic rings. The lowest BCUT2D eigenvalue weighted by Gasteiger charge is -2.31. The van der Waals surface area contributed by atoms with E-state index in [1.807, 2.05) is 0 Å². The van der Waals surface area contributed by atoms with Crippen molar-refractivity contribution in [2.24, 2.45) is 10.7 Å². The summed E-state index contributed by atoms with van der Waals surface area (Å²) in [5.41, 5.74) is 13.2. The molecule has 2 atom stereocenters. The number of nitrogens with zero attached hydrogens (tertiary/aromatic N) is 3. The molecule has 0 spiro atoms. The van der Waals surface area contributed by atoms with Gasteiger partial charge in [0.15, 0.2) is 0 Å². The van der Waals surface area contributed by atoms with Crippen LogP contribution in [0.2, 0.25) is 0 Å². The lowest BCUT2D eigenvalue weighted by atomic mass is 9.91. The molecule has 4 N–H and O–H groups in total. The molecule has 1 fully saturated rings. The minimum Gasteiger partial charge on any atom is -0.383 e. The topological polar surface area (TPSA) is 99.4 Å². The van der Waals surface area contributed by atoms with Gasteiger partial charge < -0.3 is 16.2 Å². The molecule has 3 rings (SSSR count). The Morgan fingerprint density at radius 3 is 3.11 bits per heavy atom. The second-order valence-electron chi connectivity index (χ2n) is 5.00. The van der Waals surface area contributed by atoms with Crippen molar-refractivity contribution < 1.29 is 4.74 Å². The highest BCUT2D eigenvalue weighted by Crippen LogP contribution is 2.29. The largest absolute Gasteiger partial charge is 0.383 e. The highest BCUT2D eigenvalue weighted by molar-refractivity contribution is 5.82. The van der Waals surface area contributed by atoms with Crippen molar-refractivity contribution in [3.05, 3.63) is 17.6 Å². The van der Waals surface area contributed by atoms with Crippen LogP contribution in [-0.2, 0) is 11.2 Å². The fraction of sp³-hybridized carbons (Fsp3) is 0.583. The first-order valence-electron chi connectivity index (χ1n) is 6.21. The zero-order valence-corrected chi connectivity index (χ0v) is 10.2. The van der Waals surface area contributed by atoms with Gasteiger partial charge in [0.1, 0.15) is 17.8 Å². The van der Waals surface area contributed by atoms with E-state index in [-0.39, 0.29) is 6.10 Å². The van der Waals surface area contributed by atoms with E-state index >= 15 is 0 Å². The number of aliphatic imine (C=N–C) groups is 1. The summed E-state index contributed by atoms with van der Waals surface area (Å²) in [6, 6.07) is 0. The van der Waals surface area contributed by atoms with E-state index < -0.39 is 5.66 Å². The Bertz CT molecular complexity index is 483. The third-order valence-electron chi connectivity index (χ3n) is 3.54. The maximum absolute atomic E-state index is 6.33. The van der Waals surface area contributed by atoms with Crippen LogP contribution in [0.4, 0.5) is 5.82 Å². The number of nitrogens with two attached hydrogens (primary N) is 2. The fourth-order valence-electron chi connectivity index (χ4n) is 2.60. The monoisotopic (exact) mass is 247 g/mol. The number of rotatable bonds is 2. The normalized spacial score (nSPS) is 30.4. The van der Waals surface area contributed by atoms with Gasteiger partial charge in [0.05, 0.1) is 11.8 Å². The highest BCUT2D eigenvalue weighted by atomic mass is 16.5. The zero-order valence-electron chi connectivity index (χ0n) is 10.2. The lowest BCUT2D eigenvalue weighted by molar-refractivity contribution is 0.0841. The van der Waals surface area contributed by atoms with Gasteiger partial charge in [-0.05, 0) is 12.8 Å². The molecule has 96 valence electrons. The molecule has 1 saturated heterocycles. The van der Waals surface area contributed by atoms with Crippen molar-refractivity contribution in [1.29, 1.82) is 0 Å². The van der Waals surface area contributed by atoms with Gasteiger partial charge in [0.2, 0.25) is 0 Å². The molecule has 3 heterocycles. The van der Waals surface area contributed by atoms with Crippen LogP contribution >= 0.6 is 0 Å². The molecular weight excluding hydrogens is 230 g/mol. The molecule has 0 aromatic carbocycles. The van der Waals surface area contributed by atoms with Crippen LogP contribution < -0.4 is 11.5 Å². The van der Waals surface area contributed by atoms with Crippen molar-refractivity contribution in [3.63, 3.8) is 0 Å². The van der Waals surface area contributed by atoms with Gasteiger partial charge in [0, 0.05) is 31.2 Å². The van der Waals surface area contributed by atoms with Crippen LogP contribution in [0, 0.1) is 0 Å². The molecule has 0 bridgehead atoms. The summed E-state index contributed by atoms with van der Waals surface area (Å²) in [6.45, 7) is 0.826. The molecule has 6 nitrogen and oxygen atoms in total. The summed E-state index contributed by atoms with van der Waals surface area (Å²) in [4.78, 5) is 12.6. The van der Waals surface area contributed by atoms with Crippen LogP contribution in [0.3, 0.4) is 0 Å². The smallest absolute Gasteiger partial charge is 0.130 e. The maximum atomic E-state index is 6.33. The highest BCUT2D eigenvalue weighted by Gasteiger charge is 2.34. The SMILES string of the molecule is Nc1ncnc2c1CC(N)(C[C@@H]1CCCO1)N=C2. The lowest BCUT2D eigenvalue weighted by Crippen LogP contribution is -2.45. The van der Waals surface area contributed by atoms with E-state index in [1.165, 1.54) is 6.33 Å². The minimum atomic E-state index is -0.638. The van der Waals surface area contributed by atoms with Crippen LogP contribution in [-0.4, -0.2) is 34.6 Å². The van der Waals surface area contributed by atoms with Gasteiger partial charge in [-0.1, -0.05) is 0 Å². The van der Waals surface area contributed by atoms with Gasteiger partial charge in [-0.3, -0.25) is 4.99 Å². The first-order chi connectivity index (χ1) is 8.66. The van der Waals surface area contributed by atoms with Gasteiger partial charge in [-0.15, -0.1) is 0 Å². The number of fused-ring (bicyclic) bond motifs is 1. The average molecular weight is 247 g/mol. The zero-order chi connectivity index (χ0) is 12.6. The third kappa shape index (κ3) is 2.09. The molecule has 1 aromatic heterocycles. The van der Waals surface area contributed by atoms with Crippen molar-refractivity contribution in [2.45, 2.75) is 37.5 Å². The van der Waals surface area contributed by atoms with E-state index in [2.05, 4.69) is 15.0 Å². The Kier molecular flexibility index (Phi) is 2.76. The van der Waals surface area contributed by atoms with Crippen molar-refractivity contribution in [2.75, 3.05) is 12.3 Å². The van der Waals surface area contributed by atoms with E-state index in [1.54, 1.807) is 6.21 Å². The quantitative estimate of drug-likeness (QED) is 0.780. The summed E-state index contributed by atoms with van der Waals surface area (Å²) in [7, 11) is 0. The Labute approximate surface area is 105 Å². The van der Waals surface area contributed by atoms with Crippen molar-refractivity contribution in [3.8, 4) is 0 Å². The minimum absolute atomic E-state index is 0.208. The van der Waals surface area contributed by atoms with Crippen molar-refractivity contribution >= 4 is 12.0 Å². The standard InChI is InChI=1S/C12H17N5O/c13-11-9-5-12(14,4-8-2-1-3-18-8)17-6-10(9)15-7-16-11/h6-8H,1-5,14H2,(H2,13,15,16)/t8-,12?/m0/s1. The van der Waals surface area contributed by atoms with Gasteiger partial charge in [-0.25, -0.2) is 9.97 Å². The molecule has 2 aliphatic rings. The number of hydrogen-bond donors (Lipinski definition) is 2. The van der Waals surface area contributed by atoms with Gasteiger partial charge in [0.25, 0.3) is 0 Å². The first-order valence-corrected chi connectivity index (χ1v) is 6.21. The summed E-state index contributed by atoms with van der Waals surface area (Å²) < 4.78 is 5.62. The maximum Gasteiger partial charge on any atom is 0.130 e. The van der Waals surface area contributed by atoms with E-state index in [9.17, 15) is 0 Å². The fourth-order valence-corrected chi connectivity index (χ4v) is 2.60. The number of hydrogen-bond acceptors (Lipinski definition) is 6. The van der Waals surface area contributed by atoms with Gasteiger partial charge >= 0.3 is 0 Å². The summed E-state index contributed by atoms with van der Waals surface area (Å²) in [5, 5.41) is 0. The molecule has 6 heteroatoms. The molecule has 2 aliphatic heterocycles. The van der Waals surface area contributed by atoms with E-state index in [0.29, 0.717) is 12.2 Å². The molecule has 1 unspecified atom stereocenters. The molecule has 0 aliphatic carbocycles. The van der Waals surface area contributed by atoms with E-state index in [4.69, 9.17) is 16.2 Å². The Hall–Kier alpha value is -1.53. The Morgan fingerprint density at radius 2 is 2.33 bits per heavy atom. The predicted octanol–water partition coefficient (Wildman–Crippen LogP) is 0.258.